The third kappa shape index (κ3) is 8.67. The van der Waals surface area contributed by atoms with Crippen LogP contribution in [0.5, 0.6) is 5.75 Å². The molecule has 4 N–H and O–H groups in total. The highest BCUT2D eigenvalue weighted by atomic mass is 19.4. The SMILES string of the molecule is CN(CC1CC(c2ccc(CO)cc2)OC(c2ccc(NC(=O)C3CCCN3C(=O)C(F)(F)F)cc2)O1)CC(O)c1cccc(O)c1. The second-order valence-corrected chi connectivity index (χ2v) is 11.9. The summed E-state index contributed by atoms with van der Waals surface area (Å²) in [6, 6.07) is 19.2. The molecule has 2 aliphatic rings. The van der Waals surface area contributed by atoms with Crippen LogP contribution in [0, 0.1) is 0 Å². The van der Waals surface area contributed by atoms with Gasteiger partial charge in [-0.3, -0.25) is 9.59 Å². The highest BCUT2D eigenvalue weighted by molar-refractivity contribution is 5.98. The quantitative estimate of drug-likeness (QED) is 0.249. The number of hydrogen-bond donors (Lipinski definition) is 4. The van der Waals surface area contributed by atoms with Crippen molar-refractivity contribution >= 4 is 17.5 Å². The van der Waals surface area contributed by atoms with Crippen LogP contribution < -0.4 is 5.32 Å². The van der Waals surface area contributed by atoms with Crippen molar-refractivity contribution in [1.29, 1.82) is 0 Å². The number of hydrogen-bond acceptors (Lipinski definition) is 8. The Morgan fingerprint density at radius 2 is 1.74 bits per heavy atom. The predicted molar refractivity (Wildman–Crippen MR) is 165 cm³/mol. The number of rotatable bonds is 10. The molecule has 2 saturated heterocycles. The lowest BCUT2D eigenvalue weighted by Gasteiger charge is -2.38. The fourth-order valence-electron chi connectivity index (χ4n) is 5.98. The van der Waals surface area contributed by atoms with Gasteiger partial charge >= 0.3 is 12.1 Å². The summed E-state index contributed by atoms with van der Waals surface area (Å²) < 4.78 is 51.8. The van der Waals surface area contributed by atoms with Gasteiger partial charge < -0.3 is 39.9 Å². The van der Waals surface area contributed by atoms with Crippen molar-refractivity contribution in [3.05, 3.63) is 95.1 Å². The highest BCUT2D eigenvalue weighted by Crippen LogP contribution is 2.38. The molecule has 2 amide bonds. The number of aliphatic hydroxyl groups is 2. The Morgan fingerprint density at radius 3 is 2.40 bits per heavy atom. The molecule has 2 heterocycles. The van der Waals surface area contributed by atoms with Crippen molar-refractivity contribution in [2.45, 2.75) is 62.7 Å². The van der Waals surface area contributed by atoms with E-state index in [1.54, 1.807) is 36.4 Å². The number of amides is 2. The summed E-state index contributed by atoms with van der Waals surface area (Å²) in [5, 5.41) is 32.6. The number of likely N-dealkylation sites (N-methyl/N-ethyl adjacent to an activating group) is 1. The molecule has 0 saturated carbocycles. The van der Waals surface area contributed by atoms with Crippen LogP contribution in [0.2, 0.25) is 0 Å². The third-order valence-corrected chi connectivity index (χ3v) is 8.38. The van der Waals surface area contributed by atoms with Gasteiger partial charge in [-0.25, -0.2) is 0 Å². The van der Waals surface area contributed by atoms with Crippen LogP contribution in [-0.2, 0) is 25.7 Å². The number of likely N-dealkylation sites (tertiary alicyclic amines) is 1. The van der Waals surface area contributed by atoms with E-state index in [-0.39, 0.29) is 44.1 Å². The zero-order valence-corrected chi connectivity index (χ0v) is 25.8. The van der Waals surface area contributed by atoms with Crippen molar-refractivity contribution in [2.75, 3.05) is 32.0 Å². The summed E-state index contributed by atoms with van der Waals surface area (Å²) in [6.07, 6.45) is -6.45. The zero-order valence-electron chi connectivity index (χ0n) is 25.8. The summed E-state index contributed by atoms with van der Waals surface area (Å²) >= 11 is 0. The molecule has 13 heteroatoms. The molecule has 0 radical (unpaired) electrons. The Kier molecular flexibility index (Phi) is 10.8. The Hall–Kier alpha value is -4.01. The molecule has 47 heavy (non-hydrogen) atoms. The normalized spacial score (nSPS) is 22.3. The molecule has 0 aromatic heterocycles. The van der Waals surface area contributed by atoms with Crippen LogP contribution in [0.15, 0.2) is 72.8 Å². The van der Waals surface area contributed by atoms with E-state index >= 15 is 0 Å². The minimum absolute atomic E-state index is 0.0671. The molecule has 0 spiro atoms. The largest absolute Gasteiger partial charge is 0.508 e. The van der Waals surface area contributed by atoms with Gasteiger partial charge in [0.25, 0.3) is 0 Å². The summed E-state index contributed by atoms with van der Waals surface area (Å²) in [5.41, 5.74) is 3.22. The number of carbonyl (C=O) groups is 2. The molecule has 0 bridgehead atoms. The molecule has 10 nitrogen and oxygen atoms in total. The molecular formula is C34H38F3N3O7. The average Bonchev–Trinajstić information content (AvgIpc) is 3.54. The lowest BCUT2D eigenvalue weighted by molar-refractivity contribution is -0.252. The van der Waals surface area contributed by atoms with E-state index in [4.69, 9.17) is 9.47 Å². The number of aromatic hydroxyl groups is 1. The van der Waals surface area contributed by atoms with E-state index in [1.165, 1.54) is 12.1 Å². The van der Waals surface area contributed by atoms with Crippen molar-refractivity contribution in [1.82, 2.24) is 9.80 Å². The fourth-order valence-corrected chi connectivity index (χ4v) is 5.98. The summed E-state index contributed by atoms with van der Waals surface area (Å²) in [7, 11) is 1.86. The van der Waals surface area contributed by atoms with Crippen LogP contribution in [0.1, 0.15) is 60.0 Å². The van der Waals surface area contributed by atoms with E-state index in [1.807, 2.05) is 36.2 Å². The number of halogens is 3. The van der Waals surface area contributed by atoms with Crippen molar-refractivity contribution in [3.63, 3.8) is 0 Å². The van der Waals surface area contributed by atoms with Gasteiger partial charge in [-0.1, -0.05) is 48.5 Å². The molecule has 3 aromatic rings. The molecule has 3 aromatic carbocycles. The second kappa shape index (κ2) is 14.8. The predicted octanol–water partition coefficient (Wildman–Crippen LogP) is 4.59. The van der Waals surface area contributed by atoms with E-state index in [0.29, 0.717) is 41.1 Å². The van der Waals surface area contributed by atoms with E-state index in [0.717, 1.165) is 11.1 Å². The Balaban J connectivity index is 1.27. The summed E-state index contributed by atoms with van der Waals surface area (Å²) in [5.74, 6) is -2.65. The summed E-state index contributed by atoms with van der Waals surface area (Å²) in [4.78, 5) is 27.1. The van der Waals surface area contributed by atoms with Gasteiger partial charge in [-0.15, -0.1) is 0 Å². The van der Waals surface area contributed by atoms with Crippen LogP contribution in [0.4, 0.5) is 18.9 Å². The van der Waals surface area contributed by atoms with Crippen LogP contribution >= 0.6 is 0 Å². The lowest BCUT2D eigenvalue weighted by Crippen LogP contribution is -2.48. The van der Waals surface area contributed by atoms with Crippen molar-refractivity contribution in [3.8, 4) is 5.75 Å². The maximum atomic E-state index is 13.0. The molecule has 5 unspecified atom stereocenters. The second-order valence-electron chi connectivity index (χ2n) is 11.9. The Morgan fingerprint density at radius 1 is 1.04 bits per heavy atom. The molecule has 252 valence electrons. The lowest BCUT2D eigenvalue weighted by atomic mass is 9.99. The first-order valence-corrected chi connectivity index (χ1v) is 15.4. The molecule has 5 rings (SSSR count). The van der Waals surface area contributed by atoms with Gasteiger partial charge in [-0.05, 0) is 60.8 Å². The number of benzene rings is 3. The van der Waals surface area contributed by atoms with E-state index in [2.05, 4.69) is 5.32 Å². The monoisotopic (exact) mass is 657 g/mol. The van der Waals surface area contributed by atoms with E-state index in [9.17, 15) is 38.1 Å². The number of aliphatic hydroxyl groups excluding tert-OH is 2. The maximum Gasteiger partial charge on any atom is 0.471 e. The molecule has 2 fully saturated rings. The first kappa shape index (κ1) is 34.3. The van der Waals surface area contributed by atoms with Gasteiger partial charge in [0.2, 0.25) is 5.91 Å². The fraction of sp³-hybridized carbons (Fsp3) is 0.412. The number of nitrogens with zero attached hydrogens (tertiary/aromatic N) is 2. The van der Waals surface area contributed by atoms with E-state index < -0.39 is 36.4 Å². The topological polar surface area (TPSA) is 132 Å². The van der Waals surface area contributed by atoms with Gasteiger partial charge in [0.1, 0.15) is 11.8 Å². The average molecular weight is 658 g/mol. The highest BCUT2D eigenvalue weighted by Gasteiger charge is 2.47. The van der Waals surface area contributed by atoms with Crippen LogP contribution in [0.3, 0.4) is 0 Å². The van der Waals surface area contributed by atoms with Gasteiger partial charge in [-0.2, -0.15) is 13.2 Å². The van der Waals surface area contributed by atoms with Gasteiger partial charge in [0.05, 0.1) is 24.9 Å². The van der Waals surface area contributed by atoms with Gasteiger partial charge in [0, 0.05) is 37.3 Å². The Labute approximate surface area is 270 Å². The minimum atomic E-state index is -5.05. The van der Waals surface area contributed by atoms with Crippen LogP contribution in [0.25, 0.3) is 0 Å². The van der Waals surface area contributed by atoms with Gasteiger partial charge in [0.15, 0.2) is 6.29 Å². The zero-order chi connectivity index (χ0) is 33.7. The smallest absolute Gasteiger partial charge is 0.471 e. The number of phenolic OH excluding ortho intramolecular Hbond substituents is 1. The van der Waals surface area contributed by atoms with Crippen molar-refractivity contribution < 1.29 is 47.6 Å². The number of anilines is 1. The number of alkyl halides is 3. The molecule has 2 aliphatic heterocycles. The molecule has 0 aliphatic carbocycles. The minimum Gasteiger partial charge on any atom is -0.508 e. The molecular weight excluding hydrogens is 619 g/mol. The first-order chi connectivity index (χ1) is 22.4. The maximum absolute atomic E-state index is 13.0. The summed E-state index contributed by atoms with van der Waals surface area (Å²) in [6.45, 7) is 0.503. The first-order valence-electron chi connectivity index (χ1n) is 15.4. The third-order valence-electron chi connectivity index (χ3n) is 8.38. The van der Waals surface area contributed by atoms with Crippen molar-refractivity contribution in [2.24, 2.45) is 0 Å². The number of nitrogens with one attached hydrogen (secondary N) is 1. The van der Waals surface area contributed by atoms with Crippen LogP contribution in [-0.4, -0.2) is 81.9 Å². The standard InChI is InChI=1S/C34H38F3N3O7/c1-39(19-29(43)24-4-2-5-26(42)16-24)18-27-17-30(22-9-7-21(20-41)8-10-22)47-32(46-27)23-11-13-25(14-12-23)38-31(44)28-6-3-15-40(28)33(45)34(35,36)37/h2,4-5,7-14,16,27-30,32,41-43H,3,6,15,17-20H2,1H3,(H,38,44). The number of ether oxygens (including phenoxy) is 2. The molecule has 5 atom stereocenters. The number of carbonyl (C=O) groups excluding carboxylic acids is 2. The Bertz CT molecular complexity index is 1520. The number of phenols is 1.